The van der Waals surface area contributed by atoms with Crippen LogP contribution in [-0.2, 0) is 4.84 Å². The van der Waals surface area contributed by atoms with E-state index in [9.17, 15) is 0 Å². The van der Waals surface area contributed by atoms with Crippen molar-refractivity contribution in [2.45, 2.75) is 5.25 Å². The van der Waals surface area contributed by atoms with E-state index in [0.29, 0.717) is 11.9 Å². The lowest BCUT2D eigenvalue weighted by Gasteiger charge is -2.20. The van der Waals surface area contributed by atoms with Gasteiger partial charge in [0.2, 0.25) is 0 Å². The molecule has 1 aliphatic heterocycles. The van der Waals surface area contributed by atoms with Crippen LogP contribution < -0.4 is 11.2 Å². The molecular formula is C5H14Cl2N2OS. The van der Waals surface area contributed by atoms with Gasteiger partial charge in [0.15, 0.2) is 0 Å². The third-order valence-corrected chi connectivity index (χ3v) is 2.50. The van der Waals surface area contributed by atoms with E-state index < -0.39 is 0 Å². The standard InChI is InChI=1S/C5H12N2OS.2ClH/c6-8-4-5-3-7-1-2-9-5;;/h5,7H,1-4,6H2;2*1H. The molecule has 0 aliphatic carbocycles. The minimum Gasteiger partial charge on any atom is -0.315 e. The first-order valence-corrected chi connectivity index (χ1v) is 4.12. The summed E-state index contributed by atoms with van der Waals surface area (Å²) in [6.07, 6.45) is 0. The van der Waals surface area contributed by atoms with Crippen molar-refractivity contribution in [3.8, 4) is 0 Å². The lowest BCUT2D eigenvalue weighted by atomic mass is 10.4. The van der Waals surface area contributed by atoms with Gasteiger partial charge in [-0.25, -0.2) is 5.90 Å². The minimum absolute atomic E-state index is 0. The highest BCUT2D eigenvalue weighted by Crippen LogP contribution is 2.12. The zero-order chi connectivity index (χ0) is 6.53. The molecule has 1 fully saturated rings. The average Bonchev–Trinajstić information content (AvgIpc) is 1.91. The Morgan fingerprint density at radius 1 is 1.55 bits per heavy atom. The molecule has 0 aromatic carbocycles. The molecule has 0 radical (unpaired) electrons. The molecule has 11 heavy (non-hydrogen) atoms. The Balaban J connectivity index is 0. The number of hydrogen-bond donors (Lipinski definition) is 2. The molecule has 70 valence electrons. The first-order chi connectivity index (χ1) is 4.43. The van der Waals surface area contributed by atoms with Gasteiger partial charge in [0.05, 0.1) is 6.61 Å². The Morgan fingerprint density at radius 2 is 2.27 bits per heavy atom. The normalized spacial score (nSPS) is 23.2. The molecule has 0 bridgehead atoms. The minimum atomic E-state index is 0. The molecule has 1 rings (SSSR count). The second-order valence-corrected chi connectivity index (χ2v) is 3.44. The highest BCUT2D eigenvalue weighted by atomic mass is 35.5. The topological polar surface area (TPSA) is 47.3 Å². The molecule has 0 aromatic rings. The van der Waals surface area contributed by atoms with Gasteiger partial charge < -0.3 is 10.2 Å². The van der Waals surface area contributed by atoms with E-state index >= 15 is 0 Å². The van der Waals surface area contributed by atoms with E-state index in [0.717, 1.165) is 13.1 Å². The second-order valence-electron chi connectivity index (χ2n) is 2.03. The largest absolute Gasteiger partial charge is 0.315 e. The average molecular weight is 221 g/mol. The number of hydrogen-bond acceptors (Lipinski definition) is 4. The molecular weight excluding hydrogens is 207 g/mol. The van der Waals surface area contributed by atoms with E-state index in [4.69, 9.17) is 5.90 Å². The molecule has 1 atom stereocenters. The van der Waals surface area contributed by atoms with Gasteiger partial charge in [0, 0.05) is 24.1 Å². The maximum absolute atomic E-state index is 4.92. The lowest BCUT2D eigenvalue weighted by Crippen LogP contribution is -2.35. The van der Waals surface area contributed by atoms with Crippen molar-refractivity contribution in [3.63, 3.8) is 0 Å². The maximum Gasteiger partial charge on any atom is 0.0810 e. The molecule has 0 aromatic heterocycles. The number of halogens is 2. The maximum atomic E-state index is 4.92. The molecule has 1 heterocycles. The van der Waals surface area contributed by atoms with E-state index in [1.54, 1.807) is 0 Å². The summed E-state index contributed by atoms with van der Waals surface area (Å²) in [4.78, 5) is 4.52. The Hall–Kier alpha value is 0.810. The van der Waals surface area contributed by atoms with Crippen LogP contribution >= 0.6 is 36.6 Å². The van der Waals surface area contributed by atoms with Crippen LogP contribution in [0.25, 0.3) is 0 Å². The van der Waals surface area contributed by atoms with Crippen molar-refractivity contribution in [1.82, 2.24) is 5.32 Å². The van der Waals surface area contributed by atoms with Crippen molar-refractivity contribution in [2.75, 3.05) is 25.4 Å². The summed E-state index contributed by atoms with van der Waals surface area (Å²) in [6, 6.07) is 0. The highest BCUT2D eigenvalue weighted by molar-refractivity contribution is 8.00. The molecule has 3 nitrogen and oxygen atoms in total. The summed E-state index contributed by atoms with van der Waals surface area (Å²) in [5, 5.41) is 3.82. The molecule has 1 unspecified atom stereocenters. The van der Waals surface area contributed by atoms with Gasteiger partial charge in [-0.1, -0.05) is 0 Å². The molecule has 1 aliphatic rings. The lowest BCUT2D eigenvalue weighted by molar-refractivity contribution is 0.138. The molecule has 1 saturated heterocycles. The van der Waals surface area contributed by atoms with Crippen LogP contribution in [0, 0.1) is 0 Å². The van der Waals surface area contributed by atoms with Crippen molar-refractivity contribution < 1.29 is 4.84 Å². The molecule has 3 N–H and O–H groups in total. The fourth-order valence-electron chi connectivity index (χ4n) is 0.834. The zero-order valence-corrected chi connectivity index (χ0v) is 8.57. The summed E-state index contributed by atoms with van der Waals surface area (Å²) >= 11 is 1.92. The summed E-state index contributed by atoms with van der Waals surface area (Å²) in [7, 11) is 0. The third-order valence-electron chi connectivity index (χ3n) is 1.29. The molecule has 0 spiro atoms. The van der Waals surface area contributed by atoms with E-state index in [-0.39, 0.29) is 24.8 Å². The second kappa shape index (κ2) is 8.90. The summed E-state index contributed by atoms with van der Waals surface area (Å²) in [5.74, 6) is 6.09. The van der Waals surface area contributed by atoms with Gasteiger partial charge >= 0.3 is 0 Å². The Bertz CT molecular complexity index is 80.1. The fourth-order valence-corrected chi connectivity index (χ4v) is 1.84. The van der Waals surface area contributed by atoms with Gasteiger partial charge in [0.25, 0.3) is 0 Å². The van der Waals surface area contributed by atoms with Gasteiger partial charge in [-0.3, -0.25) is 0 Å². The van der Waals surface area contributed by atoms with E-state index in [2.05, 4.69) is 10.2 Å². The molecule has 0 amide bonds. The molecule has 6 heteroatoms. The summed E-state index contributed by atoms with van der Waals surface area (Å²) in [5.41, 5.74) is 0. The van der Waals surface area contributed by atoms with Gasteiger partial charge in [0.1, 0.15) is 0 Å². The van der Waals surface area contributed by atoms with Gasteiger partial charge in [-0.2, -0.15) is 11.8 Å². The first kappa shape index (κ1) is 14.3. The highest BCUT2D eigenvalue weighted by Gasteiger charge is 2.12. The summed E-state index contributed by atoms with van der Waals surface area (Å²) in [6.45, 7) is 2.81. The van der Waals surface area contributed by atoms with Crippen molar-refractivity contribution in [1.29, 1.82) is 0 Å². The number of thioether (sulfide) groups is 1. The fraction of sp³-hybridized carbons (Fsp3) is 1.00. The SMILES string of the molecule is Cl.Cl.NOCC1CNCCS1. The predicted molar refractivity (Wildman–Crippen MR) is 53.8 cm³/mol. The number of nitrogens with two attached hydrogens (primary N) is 1. The quantitative estimate of drug-likeness (QED) is 0.664. The zero-order valence-electron chi connectivity index (χ0n) is 6.12. The Labute approximate surface area is 83.6 Å². The van der Waals surface area contributed by atoms with Crippen LogP contribution in [0.1, 0.15) is 0 Å². The predicted octanol–water partition coefficient (Wildman–Crippen LogP) is 0.425. The Kier molecular flexibility index (Phi) is 11.6. The van der Waals surface area contributed by atoms with E-state index in [1.807, 2.05) is 11.8 Å². The van der Waals surface area contributed by atoms with Crippen LogP contribution in [0.4, 0.5) is 0 Å². The van der Waals surface area contributed by atoms with Crippen LogP contribution in [0.2, 0.25) is 0 Å². The number of nitrogens with one attached hydrogen (secondary N) is 1. The van der Waals surface area contributed by atoms with Crippen molar-refractivity contribution in [2.24, 2.45) is 5.90 Å². The first-order valence-electron chi connectivity index (χ1n) is 3.07. The number of rotatable bonds is 2. The summed E-state index contributed by atoms with van der Waals surface area (Å²) < 4.78 is 0. The smallest absolute Gasteiger partial charge is 0.0810 e. The van der Waals surface area contributed by atoms with Gasteiger partial charge in [-0.05, 0) is 0 Å². The van der Waals surface area contributed by atoms with Crippen LogP contribution in [0.15, 0.2) is 0 Å². The van der Waals surface area contributed by atoms with Crippen LogP contribution in [-0.4, -0.2) is 30.7 Å². The molecule has 0 saturated carbocycles. The monoisotopic (exact) mass is 220 g/mol. The van der Waals surface area contributed by atoms with Gasteiger partial charge in [-0.15, -0.1) is 24.8 Å². The van der Waals surface area contributed by atoms with Crippen LogP contribution in [0.5, 0.6) is 0 Å². The van der Waals surface area contributed by atoms with E-state index in [1.165, 1.54) is 5.75 Å². The third kappa shape index (κ3) is 6.02. The van der Waals surface area contributed by atoms with Crippen molar-refractivity contribution >= 4 is 36.6 Å². The Morgan fingerprint density at radius 3 is 2.73 bits per heavy atom. The van der Waals surface area contributed by atoms with Crippen LogP contribution in [0.3, 0.4) is 0 Å². The van der Waals surface area contributed by atoms with Crippen molar-refractivity contribution in [3.05, 3.63) is 0 Å².